The van der Waals surface area contributed by atoms with Crippen molar-refractivity contribution in [2.75, 3.05) is 11.0 Å². The van der Waals surface area contributed by atoms with Crippen LogP contribution >= 0.6 is 11.6 Å². The van der Waals surface area contributed by atoms with Gasteiger partial charge in [0.15, 0.2) is 6.29 Å². The van der Waals surface area contributed by atoms with Gasteiger partial charge in [-0.15, -0.1) is 0 Å². The summed E-state index contributed by atoms with van der Waals surface area (Å²) in [6.45, 7) is 0. The lowest BCUT2D eigenvalue weighted by Crippen LogP contribution is -2.11. The Morgan fingerprint density at radius 3 is 2.57 bits per heavy atom. The zero-order valence-electron chi connectivity index (χ0n) is 7.32. The number of carbonyl (C=O) groups excluding carboxylic acids is 1. The molecule has 14 heavy (non-hydrogen) atoms. The minimum absolute atomic E-state index is 0.139. The summed E-state index contributed by atoms with van der Waals surface area (Å²) in [4.78, 5) is 10.6. The normalized spacial score (nSPS) is 11.0. The highest BCUT2D eigenvalue weighted by Crippen LogP contribution is 2.22. The van der Waals surface area contributed by atoms with Gasteiger partial charge in [0.1, 0.15) is 0 Å². The molecule has 0 heterocycles. The summed E-state index contributed by atoms with van der Waals surface area (Å²) in [5.74, 6) is 0. The SMILES string of the molecule is CS(=O)(=O)Nc1cccc(Cl)c1C=O. The highest BCUT2D eigenvalue weighted by Gasteiger charge is 2.09. The molecule has 0 unspecified atom stereocenters. The molecule has 1 aromatic rings. The number of anilines is 1. The Morgan fingerprint density at radius 2 is 2.07 bits per heavy atom. The molecule has 6 heteroatoms. The molecule has 76 valence electrons. The van der Waals surface area contributed by atoms with Gasteiger partial charge in [-0.3, -0.25) is 9.52 Å². The molecule has 0 aliphatic heterocycles. The summed E-state index contributed by atoms with van der Waals surface area (Å²) in [6, 6.07) is 4.54. The number of sulfonamides is 1. The second kappa shape index (κ2) is 3.98. The van der Waals surface area contributed by atoms with Crippen molar-refractivity contribution in [3.05, 3.63) is 28.8 Å². The van der Waals surface area contributed by atoms with Gasteiger partial charge in [-0.1, -0.05) is 17.7 Å². The summed E-state index contributed by atoms with van der Waals surface area (Å²) in [5, 5.41) is 0.216. The van der Waals surface area contributed by atoms with Crippen LogP contribution in [0.2, 0.25) is 5.02 Å². The van der Waals surface area contributed by atoms with Gasteiger partial charge in [0, 0.05) is 0 Å². The maximum atomic E-state index is 10.9. The summed E-state index contributed by atoms with van der Waals surface area (Å²) >= 11 is 5.69. The summed E-state index contributed by atoms with van der Waals surface area (Å²) in [7, 11) is -3.39. The molecule has 0 aromatic heterocycles. The lowest BCUT2D eigenvalue weighted by Gasteiger charge is -2.06. The maximum Gasteiger partial charge on any atom is 0.229 e. The minimum atomic E-state index is -3.39. The molecular formula is C8H8ClNO3S. The van der Waals surface area contributed by atoms with Crippen LogP contribution in [0.15, 0.2) is 18.2 Å². The Labute approximate surface area is 86.9 Å². The fourth-order valence-corrected chi connectivity index (χ4v) is 1.74. The molecule has 0 spiro atoms. The third kappa shape index (κ3) is 2.71. The van der Waals surface area contributed by atoms with Crippen molar-refractivity contribution >= 4 is 33.6 Å². The first-order valence-corrected chi connectivity index (χ1v) is 5.92. The van der Waals surface area contributed by atoms with Gasteiger partial charge >= 0.3 is 0 Å². The van der Waals surface area contributed by atoms with E-state index < -0.39 is 10.0 Å². The van der Waals surface area contributed by atoms with E-state index in [4.69, 9.17) is 11.6 Å². The Morgan fingerprint density at radius 1 is 1.43 bits per heavy atom. The van der Waals surface area contributed by atoms with Crippen LogP contribution in [0.4, 0.5) is 5.69 Å². The lowest BCUT2D eigenvalue weighted by atomic mass is 10.2. The second-order valence-corrected chi connectivity index (χ2v) is 4.85. The molecular weight excluding hydrogens is 226 g/mol. The average molecular weight is 234 g/mol. The van der Waals surface area contributed by atoms with Crippen molar-refractivity contribution in [1.29, 1.82) is 0 Å². The van der Waals surface area contributed by atoms with Gasteiger partial charge < -0.3 is 0 Å². The standard InChI is InChI=1S/C8H8ClNO3S/c1-14(12,13)10-8-4-2-3-7(9)6(8)5-11/h2-5,10H,1H3. The summed E-state index contributed by atoms with van der Waals surface area (Å²) < 4.78 is 24.0. The zero-order chi connectivity index (χ0) is 10.8. The van der Waals surface area contributed by atoms with E-state index in [1.54, 1.807) is 6.07 Å². The smallest absolute Gasteiger partial charge is 0.229 e. The third-order valence-corrected chi connectivity index (χ3v) is 2.39. The predicted molar refractivity (Wildman–Crippen MR) is 55.3 cm³/mol. The molecule has 1 N–H and O–H groups in total. The molecule has 4 nitrogen and oxygen atoms in total. The Hall–Kier alpha value is -1.07. The molecule has 0 aliphatic carbocycles. The van der Waals surface area contributed by atoms with Gasteiger partial charge in [-0.05, 0) is 12.1 Å². The number of hydrogen-bond donors (Lipinski definition) is 1. The summed E-state index contributed by atoms with van der Waals surface area (Å²) in [5.41, 5.74) is 0.328. The van der Waals surface area contributed by atoms with E-state index in [0.717, 1.165) is 6.26 Å². The lowest BCUT2D eigenvalue weighted by molar-refractivity contribution is 0.112. The van der Waals surface area contributed by atoms with Crippen molar-refractivity contribution in [3.8, 4) is 0 Å². The van der Waals surface area contributed by atoms with Gasteiger partial charge in [-0.2, -0.15) is 0 Å². The van der Waals surface area contributed by atoms with Crippen LogP contribution in [0.1, 0.15) is 10.4 Å². The first-order valence-electron chi connectivity index (χ1n) is 3.65. The highest BCUT2D eigenvalue weighted by molar-refractivity contribution is 7.92. The number of nitrogens with one attached hydrogen (secondary N) is 1. The number of hydrogen-bond acceptors (Lipinski definition) is 3. The Kier molecular flexibility index (Phi) is 3.13. The van der Waals surface area contributed by atoms with E-state index in [1.807, 2.05) is 0 Å². The van der Waals surface area contributed by atoms with Crippen LogP contribution in [-0.4, -0.2) is 21.0 Å². The quantitative estimate of drug-likeness (QED) is 0.806. The first-order chi connectivity index (χ1) is 6.44. The third-order valence-electron chi connectivity index (χ3n) is 1.47. The minimum Gasteiger partial charge on any atom is -0.298 e. The fraction of sp³-hybridized carbons (Fsp3) is 0.125. The molecule has 0 radical (unpaired) electrons. The van der Waals surface area contributed by atoms with E-state index in [1.165, 1.54) is 12.1 Å². The maximum absolute atomic E-state index is 10.9. The molecule has 1 rings (SSSR count). The van der Waals surface area contributed by atoms with Crippen molar-refractivity contribution in [1.82, 2.24) is 0 Å². The van der Waals surface area contributed by atoms with E-state index in [9.17, 15) is 13.2 Å². The number of aldehydes is 1. The Bertz CT molecular complexity index is 456. The van der Waals surface area contributed by atoms with Crippen LogP contribution in [0.5, 0.6) is 0 Å². The molecule has 0 fully saturated rings. The topological polar surface area (TPSA) is 63.2 Å². The molecule has 1 aromatic carbocycles. The average Bonchev–Trinajstić information content (AvgIpc) is 2.01. The first kappa shape index (κ1) is 11.0. The molecule has 0 saturated carbocycles. The number of halogens is 1. The fourth-order valence-electron chi connectivity index (χ4n) is 0.946. The number of carbonyl (C=O) groups is 1. The van der Waals surface area contributed by atoms with Crippen LogP contribution in [-0.2, 0) is 10.0 Å². The van der Waals surface area contributed by atoms with E-state index >= 15 is 0 Å². The van der Waals surface area contributed by atoms with E-state index in [-0.39, 0.29) is 16.3 Å². The highest BCUT2D eigenvalue weighted by atomic mass is 35.5. The van der Waals surface area contributed by atoms with E-state index in [2.05, 4.69) is 4.72 Å². The largest absolute Gasteiger partial charge is 0.298 e. The van der Waals surface area contributed by atoms with Crippen LogP contribution < -0.4 is 4.72 Å². The second-order valence-electron chi connectivity index (χ2n) is 2.69. The molecule has 0 amide bonds. The molecule has 0 atom stereocenters. The van der Waals surface area contributed by atoms with Crippen LogP contribution in [0.25, 0.3) is 0 Å². The van der Waals surface area contributed by atoms with Crippen LogP contribution in [0, 0.1) is 0 Å². The van der Waals surface area contributed by atoms with Gasteiger partial charge in [0.05, 0.1) is 22.5 Å². The van der Waals surface area contributed by atoms with Gasteiger partial charge in [0.2, 0.25) is 10.0 Å². The molecule has 0 saturated heterocycles. The van der Waals surface area contributed by atoms with Crippen molar-refractivity contribution in [2.24, 2.45) is 0 Å². The zero-order valence-corrected chi connectivity index (χ0v) is 8.89. The summed E-state index contributed by atoms with van der Waals surface area (Å²) in [6.07, 6.45) is 1.51. The predicted octanol–water partition coefficient (Wildman–Crippen LogP) is 1.52. The number of rotatable bonds is 3. The van der Waals surface area contributed by atoms with Crippen molar-refractivity contribution in [3.63, 3.8) is 0 Å². The molecule has 0 aliphatic rings. The number of benzene rings is 1. The van der Waals surface area contributed by atoms with Crippen molar-refractivity contribution in [2.45, 2.75) is 0 Å². The van der Waals surface area contributed by atoms with Gasteiger partial charge in [-0.25, -0.2) is 8.42 Å². The Balaban J connectivity index is 3.21. The van der Waals surface area contributed by atoms with E-state index in [0.29, 0.717) is 6.29 Å². The van der Waals surface area contributed by atoms with Crippen molar-refractivity contribution < 1.29 is 13.2 Å². The van der Waals surface area contributed by atoms with Gasteiger partial charge in [0.25, 0.3) is 0 Å². The molecule has 0 bridgehead atoms. The monoisotopic (exact) mass is 233 g/mol. The van der Waals surface area contributed by atoms with Crippen LogP contribution in [0.3, 0.4) is 0 Å².